The molecule has 4 rings (SSSR count). The second kappa shape index (κ2) is 9.80. The van der Waals surface area contributed by atoms with Crippen molar-refractivity contribution in [2.75, 3.05) is 5.32 Å². The number of nitrogens with two attached hydrogens (primary N) is 1. The average molecular weight is 412 g/mol. The fraction of sp³-hybridized carbons (Fsp3) is 0.273. The van der Waals surface area contributed by atoms with Crippen LogP contribution < -0.4 is 11.1 Å². The molecular formula is C22H29N5O3. The SMILES string of the molecule is C=N.CC(N)=O.Cc1cc(C)n2ccc(C(=O)Nc3ccc4c(c3)C(O)CC4)c2n1.[HH]. The number of nitrogens with zero attached hydrogens (tertiary/aromatic N) is 2. The highest BCUT2D eigenvalue weighted by Crippen LogP contribution is 2.33. The lowest BCUT2D eigenvalue weighted by atomic mass is 10.1. The number of aliphatic hydroxyl groups is 1. The lowest BCUT2D eigenvalue weighted by Gasteiger charge is -2.09. The summed E-state index contributed by atoms with van der Waals surface area (Å²) in [4.78, 5) is 26.4. The summed E-state index contributed by atoms with van der Waals surface area (Å²) < 4.78 is 1.91. The monoisotopic (exact) mass is 411 g/mol. The minimum absolute atomic E-state index is 0. The van der Waals surface area contributed by atoms with E-state index in [1.54, 1.807) is 6.07 Å². The molecule has 2 amide bonds. The Morgan fingerprint density at radius 3 is 2.63 bits per heavy atom. The van der Waals surface area contributed by atoms with Crippen LogP contribution in [0, 0.1) is 19.3 Å². The average Bonchev–Trinajstić information content (AvgIpc) is 3.27. The molecule has 1 aliphatic rings. The fourth-order valence-electron chi connectivity index (χ4n) is 3.43. The molecule has 8 heteroatoms. The van der Waals surface area contributed by atoms with Crippen LogP contribution in [0.5, 0.6) is 0 Å². The van der Waals surface area contributed by atoms with Gasteiger partial charge in [-0.1, -0.05) is 6.07 Å². The summed E-state index contributed by atoms with van der Waals surface area (Å²) >= 11 is 0. The number of carbonyl (C=O) groups is 2. The molecule has 1 aromatic carbocycles. The minimum Gasteiger partial charge on any atom is -0.388 e. The van der Waals surface area contributed by atoms with Crippen LogP contribution in [0.4, 0.5) is 5.69 Å². The van der Waals surface area contributed by atoms with Gasteiger partial charge in [0.2, 0.25) is 5.91 Å². The Balaban J connectivity index is 0.000000620. The summed E-state index contributed by atoms with van der Waals surface area (Å²) in [7, 11) is 0. The number of aryl methyl sites for hydroxylation is 3. The summed E-state index contributed by atoms with van der Waals surface area (Å²) in [5.74, 6) is -0.526. The van der Waals surface area contributed by atoms with Gasteiger partial charge in [0.25, 0.3) is 5.91 Å². The number of aromatic nitrogens is 2. The Bertz CT molecular complexity index is 1080. The molecule has 160 valence electrons. The second-order valence-corrected chi connectivity index (χ2v) is 6.99. The molecular weight excluding hydrogens is 382 g/mol. The van der Waals surface area contributed by atoms with Gasteiger partial charge in [-0.25, -0.2) is 4.98 Å². The molecule has 8 nitrogen and oxygen atoms in total. The number of hydrogen-bond acceptors (Lipinski definition) is 5. The maximum Gasteiger partial charge on any atom is 0.259 e. The summed E-state index contributed by atoms with van der Waals surface area (Å²) in [5, 5.41) is 18.4. The molecule has 3 aromatic rings. The van der Waals surface area contributed by atoms with Crippen LogP contribution in [0.1, 0.15) is 53.7 Å². The van der Waals surface area contributed by atoms with Crippen LogP contribution in [-0.2, 0) is 11.2 Å². The van der Waals surface area contributed by atoms with Crippen molar-refractivity contribution < 1.29 is 16.1 Å². The molecule has 0 aliphatic heterocycles. The molecule has 1 unspecified atom stereocenters. The van der Waals surface area contributed by atoms with Crippen molar-refractivity contribution in [2.45, 2.75) is 39.7 Å². The van der Waals surface area contributed by atoms with Crippen LogP contribution in [0.3, 0.4) is 0 Å². The van der Waals surface area contributed by atoms with Crippen LogP contribution in [0.15, 0.2) is 36.5 Å². The smallest absolute Gasteiger partial charge is 0.259 e. The Labute approximate surface area is 176 Å². The number of carbonyl (C=O) groups excluding carboxylic acids is 2. The predicted molar refractivity (Wildman–Crippen MR) is 119 cm³/mol. The van der Waals surface area contributed by atoms with Gasteiger partial charge in [-0.15, -0.1) is 0 Å². The van der Waals surface area contributed by atoms with Crippen LogP contribution in [0.2, 0.25) is 0 Å². The van der Waals surface area contributed by atoms with Crippen molar-refractivity contribution in [3.05, 3.63) is 64.6 Å². The van der Waals surface area contributed by atoms with Crippen molar-refractivity contribution in [1.82, 2.24) is 9.38 Å². The number of nitrogens with one attached hydrogen (secondary N) is 2. The van der Waals surface area contributed by atoms with E-state index in [0.717, 1.165) is 35.4 Å². The first-order valence-corrected chi connectivity index (χ1v) is 9.45. The molecule has 0 spiro atoms. The number of benzene rings is 1. The molecule has 0 bridgehead atoms. The largest absolute Gasteiger partial charge is 0.388 e. The van der Waals surface area contributed by atoms with E-state index in [-0.39, 0.29) is 13.2 Å². The quantitative estimate of drug-likeness (QED) is 0.482. The van der Waals surface area contributed by atoms with Crippen molar-refractivity contribution >= 4 is 29.9 Å². The Morgan fingerprint density at radius 2 is 1.97 bits per heavy atom. The zero-order chi connectivity index (χ0) is 22.4. The topological polar surface area (TPSA) is 134 Å². The molecule has 0 radical (unpaired) electrons. The van der Waals surface area contributed by atoms with Crippen LogP contribution >= 0.6 is 0 Å². The van der Waals surface area contributed by atoms with Gasteiger partial charge in [0, 0.05) is 31.6 Å². The molecule has 1 aliphatic carbocycles. The second-order valence-electron chi connectivity index (χ2n) is 6.99. The minimum atomic E-state index is -0.431. The highest BCUT2D eigenvalue weighted by Gasteiger charge is 2.21. The third-order valence-corrected chi connectivity index (χ3v) is 4.63. The molecule has 5 N–H and O–H groups in total. The maximum atomic E-state index is 12.7. The summed E-state index contributed by atoms with van der Waals surface area (Å²) in [6.45, 7) is 7.72. The number of fused-ring (bicyclic) bond motifs is 2. The van der Waals surface area contributed by atoms with Gasteiger partial charge < -0.3 is 26.0 Å². The standard InChI is InChI=1S/C19H19N3O2.C2H5NO.CH3N.H2/c1-11-9-12(2)22-8-7-15(18(22)20-11)19(24)21-14-5-3-13-4-6-17(23)16(13)10-14;1-2(3)4;1-2;/h3,5,7-10,17,23H,4,6H2,1-2H3,(H,21,24);1H3,(H2,3,4);2H,1H2;1H. The van der Waals surface area contributed by atoms with E-state index in [1.807, 2.05) is 48.7 Å². The van der Waals surface area contributed by atoms with E-state index in [9.17, 15) is 14.7 Å². The van der Waals surface area contributed by atoms with E-state index >= 15 is 0 Å². The first-order chi connectivity index (χ1) is 14.3. The number of primary amides is 1. The fourth-order valence-corrected chi connectivity index (χ4v) is 3.43. The van der Waals surface area contributed by atoms with Gasteiger partial charge in [-0.3, -0.25) is 9.59 Å². The lowest BCUT2D eigenvalue weighted by molar-refractivity contribution is -0.115. The first kappa shape index (κ1) is 22.8. The Morgan fingerprint density at radius 1 is 1.30 bits per heavy atom. The molecule has 2 aromatic heterocycles. The highest BCUT2D eigenvalue weighted by atomic mass is 16.3. The van der Waals surface area contributed by atoms with Crippen LogP contribution in [-0.4, -0.2) is 33.0 Å². The van der Waals surface area contributed by atoms with Gasteiger partial charge >= 0.3 is 0 Å². The van der Waals surface area contributed by atoms with E-state index in [2.05, 4.69) is 22.8 Å². The number of anilines is 1. The van der Waals surface area contributed by atoms with Gasteiger partial charge in [-0.05, 0) is 68.8 Å². The van der Waals surface area contributed by atoms with Gasteiger partial charge in [0.1, 0.15) is 5.65 Å². The van der Waals surface area contributed by atoms with E-state index in [4.69, 9.17) is 5.41 Å². The van der Waals surface area contributed by atoms with E-state index in [0.29, 0.717) is 16.9 Å². The third-order valence-electron chi connectivity index (χ3n) is 4.63. The lowest BCUT2D eigenvalue weighted by Crippen LogP contribution is -2.13. The first-order valence-electron chi connectivity index (χ1n) is 9.45. The molecule has 30 heavy (non-hydrogen) atoms. The van der Waals surface area contributed by atoms with Gasteiger partial charge in [0.05, 0.1) is 11.7 Å². The molecule has 2 heterocycles. The van der Waals surface area contributed by atoms with E-state index in [1.165, 1.54) is 6.92 Å². The Kier molecular flexibility index (Phi) is 7.43. The van der Waals surface area contributed by atoms with Crippen molar-refractivity contribution in [3.63, 3.8) is 0 Å². The summed E-state index contributed by atoms with van der Waals surface area (Å²) in [6, 6.07) is 9.50. The van der Waals surface area contributed by atoms with Crippen LogP contribution in [0.25, 0.3) is 5.65 Å². The molecule has 0 fully saturated rings. The van der Waals surface area contributed by atoms with Crippen molar-refractivity contribution in [1.29, 1.82) is 5.41 Å². The highest BCUT2D eigenvalue weighted by molar-refractivity contribution is 6.08. The van der Waals surface area contributed by atoms with Gasteiger partial charge in [0.15, 0.2) is 0 Å². The zero-order valence-electron chi connectivity index (χ0n) is 17.4. The number of rotatable bonds is 2. The number of amides is 2. The van der Waals surface area contributed by atoms with Crippen molar-refractivity contribution in [3.8, 4) is 0 Å². The Hall–Kier alpha value is -3.52. The third kappa shape index (κ3) is 5.09. The number of hydrogen-bond donors (Lipinski definition) is 4. The van der Waals surface area contributed by atoms with Crippen molar-refractivity contribution in [2.24, 2.45) is 5.73 Å². The van der Waals surface area contributed by atoms with E-state index < -0.39 is 6.10 Å². The summed E-state index contributed by atoms with van der Waals surface area (Å²) in [6.07, 6.45) is 3.06. The maximum absolute atomic E-state index is 12.7. The summed E-state index contributed by atoms with van der Waals surface area (Å²) in [5.41, 5.74) is 10.4. The molecule has 1 atom stereocenters. The number of aliphatic hydroxyl groups excluding tert-OH is 1. The normalized spacial score (nSPS) is 14.1. The van der Waals surface area contributed by atoms with Gasteiger partial charge in [-0.2, -0.15) is 0 Å². The predicted octanol–water partition coefficient (Wildman–Crippen LogP) is 3.19. The molecule has 0 saturated carbocycles. The molecule has 0 saturated heterocycles. The zero-order valence-corrected chi connectivity index (χ0v) is 17.4.